The fourth-order valence-corrected chi connectivity index (χ4v) is 2.77. The summed E-state index contributed by atoms with van der Waals surface area (Å²) < 4.78 is 16.2. The maximum Gasteiger partial charge on any atom is 0.231 e. The molecule has 4 rings (SSSR count). The monoisotopic (exact) mass is 364 g/mol. The first-order chi connectivity index (χ1) is 13.2. The maximum absolute atomic E-state index is 5.46. The van der Waals surface area contributed by atoms with E-state index < -0.39 is 0 Å². The molecule has 1 aromatic heterocycles. The van der Waals surface area contributed by atoms with Gasteiger partial charge in [-0.15, -0.1) is 0 Å². The molecule has 1 aliphatic rings. The van der Waals surface area contributed by atoms with Crippen molar-refractivity contribution in [1.82, 2.24) is 9.97 Å². The zero-order chi connectivity index (χ0) is 18.6. The highest BCUT2D eigenvalue weighted by molar-refractivity contribution is 5.65. The fourth-order valence-electron chi connectivity index (χ4n) is 2.77. The zero-order valence-electron chi connectivity index (χ0n) is 15.2. The summed E-state index contributed by atoms with van der Waals surface area (Å²) in [5, 5.41) is 6.57. The minimum Gasteiger partial charge on any atom is -0.494 e. The first kappa shape index (κ1) is 17.0. The van der Waals surface area contributed by atoms with E-state index in [-0.39, 0.29) is 6.79 Å². The van der Waals surface area contributed by atoms with Crippen LogP contribution in [-0.4, -0.2) is 23.4 Å². The molecule has 0 unspecified atom stereocenters. The van der Waals surface area contributed by atoms with Gasteiger partial charge in [0, 0.05) is 23.5 Å². The van der Waals surface area contributed by atoms with E-state index in [0.29, 0.717) is 24.1 Å². The summed E-state index contributed by atoms with van der Waals surface area (Å²) in [5.74, 6) is 4.36. The van der Waals surface area contributed by atoms with Crippen LogP contribution in [0, 0.1) is 6.92 Å². The van der Waals surface area contributed by atoms with Gasteiger partial charge in [-0.25, -0.2) is 9.97 Å². The molecule has 3 aromatic rings. The second-order valence-corrected chi connectivity index (χ2v) is 5.96. The first-order valence-corrected chi connectivity index (χ1v) is 8.72. The molecule has 7 nitrogen and oxygen atoms in total. The number of nitrogens with one attached hydrogen (secondary N) is 2. The number of aryl methyl sites for hydroxylation is 1. The summed E-state index contributed by atoms with van der Waals surface area (Å²) in [6.45, 7) is 4.72. The summed E-state index contributed by atoms with van der Waals surface area (Å²) in [6.07, 6.45) is 0. The quantitative estimate of drug-likeness (QED) is 0.671. The fraction of sp³-hybridized carbons (Fsp3) is 0.200. The van der Waals surface area contributed by atoms with E-state index in [1.807, 2.05) is 62.4 Å². The van der Waals surface area contributed by atoms with E-state index in [4.69, 9.17) is 14.2 Å². The highest BCUT2D eigenvalue weighted by Crippen LogP contribution is 2.35. The lowest BCUT2D eigenvalue weighted by Gasteiger charge is -2.11. The molecule has 0 radical (unpaired) electrons. The van der Waals surface area contributed by atoms with Gasteiger partial charge < -0.3 is 24.8 Å². The van der Waals surface area contributed by atoms with Crippen LogP contribution in [-0.2, 0) is 0 Å². The van der Waals surface area contributed by atoms with Crippen LogP contribution >= 0.6 is 0 Å². The van der Waals surface area contributed by atoms with E-state index >= 15 is 0 Å². The molecule has 0 saturated carbocycles. The molecule has 27 heavy (non-hydrogen) atoms. The van der Waals surface area contributed by atoms with Crippen LogP contribution in [0.4, 0.5) is 23.0 Å². The average molecular weight is 364 g/mol. The molecule has 0 amide bonds. The maximum atomic E-state index is 5.46. The molecule has 0 saturated heterocycles. The second kappa shape index (κ2) is 7.41. The predicted octanol–water partition coefficient (Wildman–Crippen LogP) is 4.40. The van der Waals surface area contributed by atoms with Crippen LogP contribution in [0.1, 0.15) is 12.7 Å². The standard InChI is InChI=1S/C20H20N4O3/c1-3-25-16-7-4-14(5-8-16)23-19-11-20(22-13(2)21-19)24-15-6-9-17-18(10-15)27-12-26-17/h4-11H,3,12H2,1-2H3,(H2,21,22,23,24). The van der Waals surface area contributed by atoms with Crippen molar-refractivity contribution in [2.75, 3.05) is 24.0 Å². The van der Waals surface area contributed by atoms with E-state index in [9.17, 15) is 0 Å². The Bertz CT molecular complexity index is 944. The number of anilines is 4. The summed E-state index contributed by atoms with van der Waals surface area (Å²) in [7, 11) is 0. The number of rotatable bonds is 6. The van der Waals surface area contributed by atoms with Gasteiger partial charge >= 0.3 is 0 Å². The van der Waals surface area contributed by atoms with Crippen molar-refractivity contribution in [3.63, 3.8) is 0 Å². The number of nitrogens with zero attached hydrogens (tertiary/aromatic N) is 2. The van der Waals surface area contributed by atoms with E-state index in [2.05, 4.69) is 20.6 Å². The van der Waals surface area contributed by atoms with Gasteiger partial charge in [0.2, 0.25) is 6.79 Å². The number of aromatic nitrogens is 2. The van der Waals surface area contributed by atoms with Crippen LogP contribution < -0.4 is 24.8 Å². The Kier molecular flexibility index (Phi) is 4.65. The zero-order valence-corrected chi connectivity index (χ0v) is 15.2. The number of ether oxygens (including phenoxy) is 3. The summed E-state index contributed by atoms with van der Waals surface area (Å²) in [6, 6.07) is 15.3. The molecule has 0 fully saturated rings. The Balaban J connectivity index is 1.51. The number of hydrogen-bond acceptors (Lipinski definition) is 7. The molecule has 0 aliphatic carbocycles. The molecule has 2 aromatic carbocycles. The number of hydrogen-bond donors (Lipinski definition) is 2. The minimum atomic E-state index is 0.252. The van der Waals surface area contributed by atoms with Gasteiger partial charge in [-0.05, 0) is 50.2 Å². The van der Waals surface area contributed by atoms with Crippen molar-refractivity contribution in [1.29, 1.82) is 0 Å². The van der Waals surface area contributed by atoms with Crippen LogP contribution in [0.5, 0.6) is 17.2 Å². The Labute approximate surface area is 157 Å². The van der Waals surface area contributed by atoms with Gasteiger partial charge in [0.25, 0.3) is 0 Å². The Morgan fingerprint density at radius 3 is 2.30 bits per heavy atom. The summed E-state index contributed by atoms with van der Waals surface area (Å²) in [5.41, 5.74) is 1.79. The average Bonchev–Trinajstić information content (AvgIpc) is 3.11. The summed E-state index contributed by atoms with van der Waals surface area (Å²) >= 11 is 0. The summed E-state index contributed by atoms with van der Waals surface area (Å²) in [4.78, 5) is 8.90. The molecule has 0 bridgehead atoms. The Morgan fingerprint density at radius 1 is 0.889 bits per heavy atom. The van der Waals surface area contributed by atoms with E-state index in [1.165, 1.54) is 0 Å². The van der Waals surface area contributed by atoms with Crippen LogP contribution in [0.3, 0.4) is 0 Å². The Hall–Kier alpha value is -3.48. The van der Waals surface area contributed by atoms with Crippen molar-refractivity contribution in [2.45, 2.75) is 13.8 Å². The molecule has 1 aliphatic heterocycles. The van der Waals surface area contributed by atoms with Crippen molar-refractivity contribution in [3.8, 4) is 17.2 Å². The predicted molar refractivity (Wildman–Crippen MR) is 104 cm³/mol. The van der Waals surface area contributed by atoms with Gasteiger partial charge in [-0.2, -0.15) is 0 Å². The van der Waals surface area contributed by atoms with Gasteiger partial charge in [-0.3, -0.25) is 0 Å². The second-order valence-electron chi connectivity index (χ2n) is 5.96. The molecule has 7 heteroatoms. The topological polar surface area (TPSA) is 77.5 Å². The van der Waals surface area contributed by atoms with Gasteiger partial charge in [0.1, 0.15) is 23.2 Å². The van der Waals surface area contributed by atoms with Gasteiger partial charge in [0.05, 0.1) is 6.61 Å². The SMILES string of the molecule is CCOc1ccc(Nc2cc(Nc3ccc4c(c3)OCO4)nc(C)n2)cc1. The van der Waals surface area contributed by atoms with Crippen LogP contribution in [0.25, 0.3) is 0 Å². The first-order valence-electron chi connectivity index (χ1n) is 8.72. The van der Waals surface area contributed by atoms with E-state index in [1.54, 1.807) is 0 Å². The Morgan fingerprint density at radius 2 is 1.56 bits per heavy atom. The molecular formula is C20H20N4O3. The largest absolute Gasteiger partial charge is 0.494 e. The van der Waals surface area contributed by atoms with Crippen LogP contribution in [0.15, 0.2) is 48.5 Å². The van der Waals surface area contributed by atoms with E-state index in [0.717, 1.165) is 28.6 Å². The molecule has 138 valence electrons. The third kappa shape index (κ3) is 4.03. The van der Waals surface area contributed by atoms with Crippen molar-refractivity contribution in [2.24, 2.45) is 0 Å². The van der Waals surface area contributed by atoms with Gasteiger partial charge in [0.15, 0.2) is 11.5 Å². The third-order valence-electron chi connectivity index (χ3n) is 3.92. The molecule has 2 N–H and O–H groups in total. The number of fused-ring (bicyclic) bond motifs is 1. The van der Waals surface area contributed by atoms with Gasteiger partial charge in [-0.1, -0.05) is 0 Å². The molecule has 0 atom stereocenters. The van der Waals surface area contributed by atoms with Crippen molar-refractivity contribution in [3.05, 3.63) is 54.4 Å². The highest BCUT2D eigenvalue weighted by Gasteiger charge is 2.13. The lowest BCUT2D eigenvalue weighted by atomic mass is 10.2. The lowest BCUT2D eigenvalue weighted by Crippen LogP contribution is -2.01. The molecule has 0 spiro atoms. The normalized spacial score (nSPS) is 11.9. The minimum absolute atomic E-state index is 0.252. The lowest BCUT2D eigenvalue weighted by molar-refractivity contribution is 0.174. The smallest absolute Gasteiger partial charge is 0.231 e. The van der Waals surface area contributed by atoms with Crippen LogP contribution in [0.2, 0.25) is 0 Å². The van der Waals surface area contributed by atoms with Crippen molar-refractivity contribution >= 4 is 23.0 Å². The molecule has 2 heterocycles. The van der Waals surface area contributed by atoms with Crippen molar-refractivity contribution < 1.29 is 14.2 Å². The third-order valence-corrected chi connectivity index (χ3v) is 3.92. The molecular weight excluding hydrogens is 344 g/mol. The highest BCUT2D eigenvalue weighted by atomic mass is 16.7. The number of benzene rings is 2.